The van der Waals surface area contributed by atoms with Crippen molar-refractivity contribution in [3.8, 4) is 0 Å². The lowest BCUT2D eigenvalue weighted by atomic mass is 9.93. The highest BCUT2D eigenvalue weighted by molar-refractivity contribution is 5.79. The average molecular weight is 185 g/mol. The normalized spacial score (nSPS) is 24.2. The Hall–Kier alpha value is -0.570. The summed E-state index contributed by atoms with van der Waals surface area (Å²) in [5, 5.41) is 9.36. The molecule has 1 saturated heterocycles. The summed E-state index contributed by atoms with van der Waals surface area (Å²) in [4.78, 5) is 13.3. The monoisotopic (exact) mass is 185 g/mol. The van der Waals surface area contributed by atoms with Gasteiger partial charge in [-0.3, -0.25) is 4.79 Å². The molecule has 1 aliphatic rings. The maximum atomic E-state index is 11.5. The van der Waals surface area contributed by atoms with Crippen molar-refractivity contribution in [2.75, 3.05) is 6.54 Å². The maximum Gasteiger partial charge on any atom is 0.225 e. The largest absolute Gasteiger partial charge is 0.391 e. The van der Waals surface area contributed by atoms with Crippen LogP contribution >= 0.6 is 0 Å². The molecule has 0 aromatic rings. The van der Waals surface area contributed by atoms with Gasteiger partial charge in [0.15, 0.2) is 0 Å². The van der Waals surface area contributed by atoms with E-state index in [1.54, 1.807) is 0 Å². The first-order valence-corrected chi connectivity index (χ1v) is 5.02. The molecule has 0 spiro atoms. The number of β-amino-alcohol motifs (C(OH)–C–C–N with tert-alkyl or cyclic N) is 1. The molecule has 1 unspecified atom stereocenters. The third-order valence-electron chi connectivity index (χ3n) is 3.28. The highest BCUT2D eigenvalue weighted by Crippen LogP contribution is 2.28. The second-order valence-electron chi connectivity index (χ2n) is 4.07. The fraction of sp³-hybridized carbons (Fsp3) is 0.900. The summed E-state index contributed by atoms with van der Waals surface area (Å²) in [6.07, 6.45) is 1.74. The number of amides is 1. The van der Waals surface area contributed by atoms with Gasteiger partial charge in [-0.15, -0.1) is 0 Å². The van der Waals surface area contributed by atoms with Gasteiger partial charge in [0.1, 0.15) is 0 Å². The first-order valence-electron chi connectivity index (χ1n) is 5.02. The first kappa shape index (κ1) is 10.5. The molecule has 1 fully saturated rings. The second kappa shape index (κ2) is 3.66. The predicted molar refractivity (Wildman–Crippen MR) is 51.3 cm³/mol. The number of aliphatic hydroxyl groups is 1. The van der Waals surface area contributed by atoms with Gasteiger partial charge in [-0.1, -0.05) is 13.8 Å². The van der Waals surface area contributed by atoms with Crippen molar-refractivity contribution < 1.29 is 9.90 Å². The number of carbonyl (C=O) groups is 1. The molecular weight excluding hydrogens is 166 g/mol. The van der Waals surface area contributed by atoms with Crippen LogP contribution in [-0.4, -0.2) is 34.1 Å². The number of aliphatic hydroxyl groups excluding tert-OH is 1. The Morgan fingerprint density at radius 3 is 2.38 bits per heavy atom. The quantitative estimate of drug-likeness (QED) is 0.716. The first-order chi connectivity index (χ1) is 6.03. The van der Waals surface area contributed by atoms with Crippen LogP contribution in [0.25, 0.3) is 0 Å². The predicted octanol–water partition coefficient (Wildman–Crippen LogP) is 1.16. The van der Waals surface area contributed by atoms with Gasteiger partial charge >= 0.3 is 0 Å². The lowest BCUT2D eigenvalue weighted by Crippen LogP contribution is -2.46. The van der Waals surface area contributed by atoms with E-state index in [-0.39, 0.29) is 11.4 Å². The number of hydrogen-bond acceptors (Lipinski definition) is 2. The van der Waals surface area contributed by atoms with Crippen molar-refractivity contribution in [1.82, 2.24) is 4.90 Å². The van der Waals surface area contributed by atoms with Crippen LogP contribution in [0.1, 0.15) is 40.0 Å². The Labute approximate surface area is 79.7 Å². The summed E-state index contributed by atoms with van der Waals surface area (Å²) in [6.45, 7) is 6.77. The molecule has 0 bridgehead atoms. The number of hydrogen-bond donors (Lipinski definition) is 1. The lowest BCUT2D eigenvalue weighted by molar-refractivity contribution is -0.133. The molecule has 0 aliphatic carbocycles. The van der Waals surface area contributed by atoms with Crippen molar-refractivity contribution in [2.45, 2.75) is 51.7 Å². The van der Waals surface area contributed by atoms with E-state index in [1.807, 2.05) is 4.90 Å². The van der Waals surface area contributed by atoms with E-state index in [4.69, 9.17) is 0 Å². The van der Waals surface area contributed by atoms with E-state index in [9.17, 15) is 9.90 Å². The van der Waals surface area contributed by atoms with Crippen LogP contribution in [-0.2, 0) is 4.79 Å². The van der Waals surface area contributed by atoms with Gasteiger partial charge in [-0.05, 0) is 19.8 Å². The van der Waals surface area contributed by atoms with E-state index in [2.05, 4.69) is 20.8 Å². The molecule has 1 aliphatic heterocycles. The van der Waals surface area contributed by atoms with E-state index in [1.165, 1.54) is 0 Å². The molecule has 3 nitrogen and oxygen atoms in total. The van der Waals surface area contributed by atoms with Crippen LogP contribution in [0.15, 0.2) is 0 Å². The van der Waals surface area contributed by atoms with Gasteiger partial charge < -0.3 is 10.0 Å². The fourth-order valence-corrected chi connectivity index (χ4v) is 1.84. The van der Waals surface area contributed by atoms with Gasteiger partial charge in [0.05, 0.1) is 12.5 Å². The highest BCUT2D eigenvalue weighted by Gasteiger charge is 2.38. The Kier molecular flexibility index (Phi) is 2.96. The zero-order chi connectivity index (χ0) is 10.1. The van der Waals surface area contributed by atoms with Crippen molar-refractivity contribution in [1.29, 1.82) is 0 Å². The summed E-state index contributed by atoms with van der Waals surface area (Å²) >= 11 is 0. The molecule has 1 rings (SSSR count). The van der Waals surface area contributed by atoms with Gasteiger partial charge in [-0.25, -0.2) is 0 Å². The van der Waals surface area contributed by atoms with Crippen LogP contribution in [0.2, 0.25) is 0 Å². The minimum Gasteiger partial charge on any atom is -0.391 e. The molecule has 1 amide bonds. The molecule has 13 heavy (non-hydrogen) atoms. The summed E-state index contributed by atoms with van der Waals surface area (Å²) in [5.74, 6) is 0.0960. The zero-order valence-corrected chi connectivity index (χ0v) is 8.71. The second-order valence-corrected chi connectivity index (χ2v) is 4.07. The van der Waals surface area contributed by atoms with Crippen molar-refractivity contribution in [3.63, 3.8) is 0 Å². The van der Waals surface area contributed by atoms with Crippen LogP contribution in [0.4, 0.5) is 0 Å². The molecule has 0 aromatic carbocycles. The van der Waals surface area contributed by atoms with Crippen molar-refractivity contribution in [2.24, 2.45) is 0 Å². The third-order valence-corrected chi connectivity index (χ3v) is 3.28. The van der Waals surface area contributed by atoms with Crippen LogP contribution in [0, 0.1) is 0 Å². The molecule has 0 saturated carbocycles. The van der Waals surface area contributed by atoms with Crippen molar-refractivity contribution >= 4 is 5.91 Å². The molecule has 1 N–H and O–H groups in total. The van der Waals surface area contributed by atoms with Crippen molar-refractivity contribution in [3.05, 3.63) is 0 Å². The number of carbonyl (C=O) groups excluding carboxylic acids is 1. The summed E-state index contributed by atoms with van der Waals surface area (Å²) in [6, 6.07) is 0. The SMILES string of the molecule is CCC(C)(CC)N1CC(O)CC1=O. The molecular formula is C10H19NO2. The van der Waals surface area contributed by atoms with E-state index in [0.717, 1.165) is 12.8 Å². The topological polar surface area (TPSA) is 40.5 Å². The van der Waals surface area contributed by atoms with Gasteiger partial charge in [0.25, 0.3) is 0 Å². The average Bonchev–Trinajstić information content (AvgIpc) is 2.44. The third kappa shape index (κ3) is 1.85. The summed E-state index contributed by atoms with van der Waals surface area (Å²) < 4.78 is 0. The minimum absolute atomic E-state index is 0.0609. The van der Waals surface area contributed by atoms with Crippen LogP contribution < -0.4 is 0 Å². The zero-order valence-electron chi connectivity index (χ0n) is 8.71. The molecule has 0 radical (unpaired) electrons. The van der Waals surface area contributed by atoms with Crippen LogP contribution in [0.3, 0.4) is 0 Å². The molecule has 1 atom stereocenters. The van der Waals surface area contributed by atoms with Gasteiger partial charge in [0, 0.05) is 12.1 Å². The smallest absolute Gasteiger partial charge is 0.225 e. The Bertz CT molecular complexity index is 199. The number of rotatable bonds is 3. The highest BCUT2D eigenvalue weighted by atomic mass is 16.3. The summed E-state index contributed by atoms with van der Waals surface area (Å²) in [5.41, 5.74) is -0.0609. The van der Waals surface area contributed by atoms with E-state index < -0.39 is 6.10 Å². The number of likely N-dealkylation sites (tertiary alicyclic amines) is 1. The lowest BCUT2D eigenvalue weighted by Gasteiger charge is -2.37. The van der Waals surface area contributed by atoms with Gasteiger partial charge in [0.2, 0.25) is 5.91 Å². The minimum atomic E-state index is -0.454. The Balaban J connectivity index is 2.75. The Morgan fingerprint density at radius 1 is 1.54 bits per heavy atom. The molecule has 76 valence electrons. The fourth-order valence-electron chi connectivity index (χ4n) is 1.84. The Morgan fingerprint density at radius 2 is 2.08 bits per heavy atom. The maximum absolute atomic E-state index is 11.5. The van der Waals surface area contributed by atoms with E-state index in [0.29, 0.717) is 13.0 Å². The summed E-state index contributed by atoms with van der Waals surface area (Å²) in [7, 11) is 0. The van der Waals surface area contributed by atoms with Crippen LogP contribution in [0.5, 0.6) is 0 Å². The number of nitrogens with zero attached hydrogens (tertiary/aromatic N) is 1. The molecule has 0 aromatic heterocycles. The van der Waals surface area contributed by atoms with E-state index >= 15 is 0 Å². The standard InChI is InChI=1S/C10H19NO2/c1-4-10(3,5-2)11-7-8(12)6-9(11)13/h8,12H,4-7H2,1-3H3. The van der Waals surface area contributed by atoms with Gasteiger partial charge in [-0.2, -0.15) is 0 Å². The molecule has 3 heteroatoms. The molecule has 1 heterocycles.